The number of H-pyrrole nitrogens is 1. The molecule has 0 saturated carbocycles. The minimum Gasteiger partial charge on any atom is -0.466 e. The van der Waals surface area contributed by atoms with Crippen molar-refractivity contribution in [1.29, 1.82) is 0 Å². The van der Waals surface area contributed by atoms with Crippen LogP contribution in [0.1, 0.15) is 37.7 Å². The third-order valence-electron chi connectivity index (χ3n) is 3.87. The molecule has 0 unspecified atom stereocenters. The van der Waals surface area contributed by atoms with E-state index in [0.29, 0.717) is 18.5 Å². The summed E-state index contributed by atoms with van der Waals surface area (Å²) in [6.45, 7) is 5.84. The SMILES string of the molecule is CCOC(=O)C[C@@H](C)CNC(=O)[C@H](C)NC(=O)c1n[nH]c2ccccc12. The molecule has 2 amide bonds. The van der Waals surface area contributed by atoms with E-state index in [4.69, 9.17) is 4.74 Å². The van der Waals surface area contributed by atoms with Gasteiger partial charge in [-0.25, -0.2) is 0 Å². The molecular weight excluding hydrogens is 336 g/mol. The van der Waals surface area contributed by atoms with Crippen molar-refractivity contribution in [1.82, 2.24) is 20.8 Å². The second-order valence-electron chi connectivity index (χ2n) is 6.17. The van der Waals surface area contributed by atoms with E-state index in [1.165, 1.54) is 0 Å². The minimum absolute atomic E-state index is 0.0591. The highest BCUT2D eigenvalue weighted by Gasteiger charge is 2.20. The van der Waals surface area contributed by atoms with Crippen LogP contribution >= 0.6 is 0 Å². The van der Waals surface area contributed by atoms with Gasteiger partial charge in [0.05, 0.1) is 12.1 Å². The summed E-state index contributed by atoms with van der Waals surface area (Å²) in [5.41, 5.74) is 0.999. The number of hydrogen-bond donors (Lipinski definition) is 3. The van der Waals surface area contributed by atoms with E-state index in [0.717, 1.165) is 5.52 Å². The maximum atomic E-state index is 12.4. The van der Waals surface area contributed by atoms with E-state index in [9.17, 15) is 14.4 Å². The lowest BCUT2D eigenvalue weighted by atomic mass is 10.1. The standard InChI is InChI=1S/C18H24N4O4/c1-4-26-15(23)9-11(2)10-19-17(24)12(3)20-18(25)16-13-7-5-6-8-14(13)21-22-16/h5-8,11-12H,4,9-10H2,1-3H3,(H,19,24)(H,20,25)(H,21,22)/t11-,12+/m1/s1. The van der Waals surface area contributed by atoms with E-state index in [-0.39, 0.29) is 29.9 Å². The number of hydrogen-bond acceptors (Lipinski definition) is 5. The van der Waals surface area contributed by atoms with E-state index in [1.54, 1.807) is 19.9 Å². The van der Waals surface area contributed by atoms with Gasteiger partial charge in [0.15, 0.2) is 5.69 Å². The molecule has 0 aliphatic heterocycles. The van der Waals surface area contributed by atoms with Crippen molar-refractivity contribution >= 4 is 28.7 Å². The van der Waals surface area contributed by atoms with Gasteiger partial charge < -0.3 is 15.4 Å². The van der Waals surface area contributed by atoms with Crippen LogP contribution < -0.4 is 10.6 Å². The smallest absolute Gasteiger partial charge is 0.306 e. The predicted molar refractivity (Wildman–Crippen MR) is 96.4 cm³/mol. The first-order valence-electron chi connectivity index (χ1n) is 8.59. The Balaban J connectivity index is 1.84. The first-order chi connectivity index (χ1) is 12.4. The summed E-state index contributed by atoms with van der Waals surface area (Å²) < 4.78 is 4.88. The predicted octanol–water partition coefficient (Wildman–Crippen LogP) is 1.39. The Labute approximate surface area is 151 Å². The van der Waals surface area contributed by atoms with Crippen LogP contribution in [0, 0.1) is 5.92 Å². The zero-order valence-electron chi connectivity index (χ0n) is 15.2. The molecule has 2 aromatic rings. The maximum Gasteiger partial charge on any atom is 0.306 e. The van der Waals surface area contributed by atoms with Gasteiger partial charge in [-0.1, -0.05) is 25.1 Å². The molecule has 3 N–H and O–H groups in total. The highest BCUT2D eigenvalue weighted by atomic mass is 16.5. The van der Waals surface area contributed by atoms with Crippen molar-refractivity contribution in [2.24, 2.45) is 5.92 Å². The molecule has 2 atom stereocenters. The third-order valence-corrected chi connectivity index (χ3v) is 3.87. The molecule has 0 aliphatic rings. The number of para-hydroxylation sites is 1. The van der Waals surface area contributed by atoms with Crippen LogP contribution in [-0.2, 0) is 14.3 Å². The van der Waals surface area contributed by atoms with Gasteiger partial charge in [-0.05, 0) is 25.8 Å². The highest BCUT2D eigenvalue weighted by Crippen LogP contribution is 2.14. The number of aromatic amines is 1. The van der Waals surface area contributed by atoms with E-state index in [1.807, 2.05) is 25.1 Å². The zero-order chi connectivity index (χ0) is 19.1. The van der Waals surface area contributed by atoms with Crippen LogP contribution in [0.25, 0.3) is 10.9 Å². The number of fused-ring (bicyclic) bond motifs is 1. The second-order valence-corrected chi connectivity index (χ2v) is 6.17. The Hall–Kier alpha value is -2.90. The number of nitrogens with one attached hydrogen (secondary N) is 3. The Kier molecular flexibility index (Phi) is 6.71. The first kappa shape index (κ1) is 19.4. The quantitative estimate of drug-likeness (QED) is 0.616. The van der Waals surface area contributed by atoms with Crippen LogP contribution in [-0.4, -0.2) is 47.2 Å². The lowest BCUT2D eigenvalue weighted by Gasteiger charge is -2.16. The molecule has 1 aromatic carbocycles. The van der Waals surface area contributed by atoms with Gasteiger partial charge in [-0.2, -0.15) is 5.10 Å². The topological polar surface area (TPSA) is 113 Å². The fraction of sp³-hybridized carbons (Fsp3) is 0.444. The van der Waals surface area contributed by atoms with Crippen LogP contribution in [0.2, 0.25) is 0 Å². The Bertz CT molecular complexity index is 786. The molecule has 8 nitrogen and oxygen atoms in total. The summed E-state index contributed by atoms with van der Waals surface area (Å²) >= 11 is 0. The lowest BCUT2D eigenvalue weighted by molar-refractivity contribution is -0.144. The first-order valence-corrected chi connectivity index (χ1v) is 8.59. The average molecular weight is 360 g/mol. The Morgan fingerprint density at radius 1 is 1.23 bits per heavy atom. The highest BCUT2D eigenvalue weighted by molar-refractivity contribution is 6.05. The van der Waals surface area contributed by atoms with Crippen LogP contribution in [0.3, 0.4) is 0 Å². The number of benzene rings is 1. The van der Waals surface area contributed by atoms with Crippen LogP contribution in [0.4, 0.5) is 0 Å². The van der Waals surface area contributed by atoms with Crippen molar-refractivity contribution < 1.29 is 19.1 Å². The van der Waals surface area contributed by atoms with Gasteiger partial charge in [0.1, 0.15) is 6.04 Å². The summed E-state index contributed by atoms with van der Waals surface area (Å²) in [5, 5.41) is 12.9. The molecule has 140 valence electrons. The van der Waals surface area contributed by atoms with Crippen molar-refractivity contribution in [3.8, 4) is 0 Å². The van der Waals surface area contributed by atoms with Gasteiger partial charge in [-0.15, -0.1) is 0 Å². The van der Waals surface area contributed by atoms with Crippen LogP contribution in [0.15, 0.2) is 24.3 Å². The Morgan fingerprint density at radius 2 is 1.96 bits per heavy atom. The number of amides is 2. The number of nitrogens with zero attached hydrogens (tertiary/aromatic N) is 1. The number of carbonyl (C=O) groups excluding carboxylic acids is 3. The van der Waals surface area contributed by atoms with Crippen molar-refractivity contribution in [2.45, 2.75) is 33.2 Å². The second kappa shape index (κ2) is 8.98. The number of carbonyl (C=O) groups is 3. The number of esters is 1. The minimum atomic E-state index is -0.729. The maximum absolute atomic E-state index is 12.4. The van der Waals surface area contributed by atoms with E-state index < -0.39 is 11.9 Å². The average Bonchev–Trinajstić information content (AvgIpc) is 3.03. The fourth-order valence-electron chi connectivity index (χ4n) is 2.47. The van der Waals surface area contributed by atoms with Gasteiger partial charge in [-0.3, -0.25) is 19.5 Å². The molecule has 0 spiro atoms. The molecule has 2 rings (SSSR count). The summed E-state index contributed by atoms with van der Waals surface area (Å²) in [6.07, 6.45) is 0.230. The fourth-order valence-corrected chi connectivity index (χ4v) is 2.47. The lowest BCUT2D eigenvalue weighted by Crippen LogP contribution is -2.46. The summed E-state index contributed by atoms with van der Waals surface area (Å²) in [6, 6.07) is 6.54. The Morgan fingerprint density at radius 3 is 2.69 bits per heavy atom. The molecule has 0 aliphatic carbocycles. The van der Waals surface area contributed by atoms with E-state index >= 15 is 0 Å². The van der Waals surface area contributed by atoms with Gasteiger partial charge >= 0.3 is 5.97 Å². The molecule has 0 fully saturated rings. The van der Waals surface area contributed by atoms with Crippen molar-refractivity contribution in [2.75, 3.05) is 13.2 Å². The van der Waals surface area contributed by atoms with Crippen molar-refractivity contribution in [3.63, 3.8) is 0 Å². The number of ether oxygens (including phenoxy) is 1. The number of aromatic nitrogens is 2. The largest absolute Gasteiger partial charge is 0.466 e. The molecular formula is C18H24N4O4. The molecule has 1 heterocycles. The molecule has 0 bridgehead atoms. The van der Waals surface area contributed by atoms with Gasteiger partial charge in [0.25, 0.3) is 5.91 Å². The summed E-state index contributed by atoms with van der Waals surface area (Å²) in [4.78, 5) is 35.9. The molecule has 26 heavy (non-hydrogen) atoms. The molecule has 0 radical (unpaired) electrons. The normalized spacial score (nSPS) is 13.0. The molecule has 1 aromatic heterocycles. The summed E-state index contributed by atoms with van der Waals surface area (Å²) in [7, 11) is 0. The zero-order valence-corrected chi connectivity index (χ0v) is 15.2. The summed E-state index contributed by atoms with van der Waals surface area (Å²) in [5.74, 6) is -1.10. The monoisotopic (exact) mass is 360 g/mol. The van der Waals surface area contributed by atoms with Crippen LogP contribution in [0.5, 0.6) is 0 Å². The third kappa shape index (κ3) is 5.05. The van der Waals surface area contributed by atoms with Crippen molar-refractivity contribution in [3.05, 3.63) is 30.0 Å². The molecule has 8 heteroatoms. The van der Waals surface area contributed by atoms with E-state index in [2.05, 4.69) is 20.8 Å². The number of rotatable bonds is 8. The molecule has 0 saturated heterocycles. The van der Waals surface area contributed by atoms with Gasteiger partial charge in [0.2, 0.25) is 5.91 Å². The van der Waals surface area contributed by atoms with Gasteiger partial charge in [0, 0.05) is 18.4 Å².